The predicted molar refractivity (Wildman–Crippen MR) is 184 cm³/mol. The molecular formula is C33H35Cl2N7O6. The maximum Gasteiger partial charge on any atom is 0.341 e. The summed E-state index contributed by atoms with van der Waals surface area (Å²) in [6.45, 7) is 3.70. The molecule has 6 rings (SSSR count). The van der Waals surface area contributed by atoms with Crippen molar-refractivity contribution in [2.45, 2.75) is 31.5 Å². The molecule has 4 aromatic rings. The Bertz CT molecular complexity index is 1930. The molecule has 2 fully saturated rings. The fraction of sp³-hybridized carbons (Fsp3) is 0.364. The molecular weight excluding hydrogens is 661 g/mol. The normalized spacial score (nSPS) is 17.9. The van der Waals surface area contributed by atoms with Gasteiger partial charge < -0.3 is 39.2 Å². The van der Waals surface area contributed by atoms with Crippen molar-refractivity contribution in [3.05, 3.63) is 74.6 Å². The van der Waals surface area contributed by atoms with Gasteiger partial charge >= 0.3 is 5.97 Å². The molecule has 1 amide bonds. The quantitative estimate of drug-likeness (QED) is 0.251. The molecule has 2 N–H and O–H groups in total. The van der Waals surface area contributed by atoms with Crippen molar-refractivity contribution in [2.75, 3.05) is 57.2 Å². The lowest BCUT2D eigenvalue weighted by atomic mass is 10.1. The van der Waals surface area contributed by atoms with Gasteiger partial charge in [-0.25, -0.2) is 9.78 Å². The van der Waals surface area contributed by atoms with Crippen LogP contribution in [0.25, 0.3) is 16.6 Å². The van der Waals surface area contributed by atoms with Crippen LogP contribution in [0.5, 0.6) is 11.8 Å². The number of aromatic carboxylic acids is 1. The summed E-state index contributed by atoms with van der Waals surface area (Å²) in [6.07, 6.45) is 3.50. The van der Waals surface area contributed by atoms with Crippen LogP contribution in [-0.4, -0.2) is 102 Å². The van der Waals surface area contributed by atoms with Crippen LogP contribution in [0.3, 0.4) is 0 Å². The molecule has 2 saturated heterocycles. The van der Waals surface area contributed by atoms with Gasteiger partial charge in [0, 0.05) is 56.3 Å². The number of pyridine rings is 3. The highest BCUT2D eigenvalue weighted by Gasteiger charge is 2.35. The van der Waals surface area contributed by atoms with Crippen molar-refractivity contribution >= 4 is 57.5 Å². The van der Waals surface area contributed by atoms with Gasteiger partial charge in [-0.2, -0.15) is 4.98 Å². The van der Waals surface area contributed by atoms with E-state index in [-0.39, 0.29) is 40.9 Å². The summed E-state index contributed by atoms with van der Waals surface area (Å²) >= 11 is 13.2. The molecule has 0 saturated carbocycles. The maximum absolute atomic E-state index is 13.4. The Kier molecular flexibility index (Phi) is 9.37. The molecule has 0 radical (unpaired) electrons. The zero-order valence-corrected chi connectivity index (χ0v) is 28.3. The van der Waals surface area contributed by atoms with Crippen LogP contribution < -0.4 is 30.0 Å². The van der Waals surface area contributed by atoms with E-state index in [0.717, 1.165) is 18.9 Å². The van der Waals surface area contributed by atoms with Crippen LogP contribution >= 0.6 is 23.2 Å². The van der Waals surface area contributed by atoms with E-state index in [4.69, 9.17) is 32.7 Å². The monoisotopic (exact) mass is 695 g/mol. The lowest BCUT2D eigenvalue weighted by Gasteiger charge is -2.43. The predicted octanol–water partition coefficient (Wildman–Crippen LogP) is 3.71. The smallest absolute Gasteiger partial charge is 0.341 e. The molecule has 0 spiro atoms. The lowest BCUT2D eigenvalue weighted by Crippen LogP contribution is -2.57. The molecule has 0 aliphatic carbocycles. The van der Waals surface area contributed by atoms with E-state index in [1.807, 2.05) is 31.1 Å². The number of carbonyl (C=O) groups excluding carboxylic acids is 1. The van der Waals surface area contributed by atoms with Crippen molar-refractivity contribution in [1.82, 2.24) is 24.8 Å². The maximum atomic E-state index is 13.4. The number of aromatic nitrogens is 3. The zero-order chi connectivity index (χ0) is 34.3. The van der Waals surface area contributed by atoms with E-state index >= 15 is 0 Å². The number of hydrogen-bond donors (Lipinski definition) is 2. The van der Waals surface area contributed by atoms with Crippen molar-refractivity contribution in [3.8, 4) is 17.4 Å². The Labute approximate surface area is 286 Å². The zero-order valence-electron chi connectivity index (χ0n) is 26.8. The number of nitrogens with zero attached hydrogens (tertiary/aromatic N) is 6. The number of anilines is 2. The number of fused-ring (bicyclic) bond motifs is 1. The molecule has 13 nitrogen and oxygen atoms in total. The fourth-order valence-corrected chi connectivity index (χ4v) is 6.59. The van der Waals surface area contributed by atoms with E-state index in [9.17, 15) is 19.5 Å². The summed E-state index contributed by atoms with van der Waals surface area (Å²) in [7, 11) is 5.59. The number of rotatable bonds is 10. The first-order chi connectivity index (χ1) is 22.9. The third-order valence-corrected chi connectivity index (χ3v) is 9.36. The molecule has 0 bridgehead atoms. The average molecular weight is 697 g/mol. The van der Waals surface area contributed by atoms with E-state index < -0.39 is 17.0 Å². The summed E-state index contributed by atoms with van der Waals surface area (Å²) in [4.78, 5) is 52.9. The van der Waals surface area contributed by atoms with Gasteiger partial charge in [-0.3, -0.25) is 9.59 Å². The highest BCUT2D eigenvalue weighted by Crippen LogP contribution is 2.36. The number of halogens is 2. The van der Waals surface area contributed by atoms with Crippen LogP contribution in [0, 0.1) is 0 Å². The van der Waals surface area contributed by atoms with Crippen LogP contribution in [0.4, 0.5) is 11.5 Å². The molecule has 5 heterocycles. The fourth-order valence-electron chi connectivity index (χ4n) is 6.16. The third kappa shape index (κ3) is 6.58. The van der Waals surface area contributed by atoms with Gasteiger partial charge in [0.2, 0.25) is 23.1 Å². The Balaban J connectivity index is 1.39. The van der Waals surface area contributed by atoms with Gasteiger partial charge in [-0.1, -0.05) is 23.2 Å². The molecule has 1 aromatic carbocycles. The second kappa shape index (κ2) is 13.5. The second-order valence-electron chi connectivity index (χ2n) is 12.2. The molecule has 252 valence electrons. The first kappa shape index (κ1) is 33.3. The van der Waals surface area contributed by atoms with E-state index in [0.29, 0.717) is 46.8 Å². The van der Waals surface area contributed by atoms with Gasteiger partial charge in [0.1, 0.15) is 23.0 Å². The van der Waals surface area contributed by atoms with Crippen LogP contribution in [-0.2, 0) is 4.79 Å². The SMILES string of the molecule is COc1ccc(Cl)c(OC[C@H]2CC(NC(C)=O)CN2c2cc3c(cc2Cl)c(=O)c(C(=O)O)cn3-c2ccc(N3CC(N(C)C)C3)nc2)n1. The number of hydrogen-bond acceptors (Lipinski definition) is 10. The minimum Gasteiger partial charge on any atom is -0.481 e. The van der Waals surface area contributed by atoms with Gasteiger partial charge in [0.15, 0.2) is 0 Å². The summed E-state index contributed by atoms with van der Waals surface area (Å²) in [5.41, 5.74) is 0.536. The van der Waals surface area contributed by atoms with E-state index in [1.54, 1.807) is 29.0 Å². The molecule has 3 aromatic heterocycles. The number of methoxy groups -OCH3 is 1. The number of carbonyl (C=O) groups is 2. The van der Waals surface area contributed by atoms with Crippen molar-refractivity contribution < 1.29 is 24.2 Å². The number of nitrogens with one attached hydrogen (secondary N) is 1. The van der Waals surface area contributed by atoms with Gasteiger partial charge in [-0.15, -0.1) is 0 Å². The topological polar surface area (TPSA) is 142 Å². The minimum atomic E-state index is -1.35. The number of likely N-dealkylation sites (N-methyl/N-ethyl adjacent to an activating group) is 1. The molecule has 2 atom stereocenters. The number of amides is 1. The minimum absolute atomic E-state index is 0.141. The Morgan fingerprint density at radius 2 is 1.88 bits per heavy atom. The van der Waals surface area contributed by atoms with Crippen molar-refractivity contribution in [2.24, 2.45) is 0 Å². The third-order valence-electron chi connectivity index (χ3n) is 8.77. The standard InChI is InChI=1S/C33H35Cl2N7O6/c1-18(43)37-19-9-21(17-48-32-25(34)6-8-30(38-32)47-4)41(13-19)28-11-27-23(10-26(28)35)31(44)24(33(45)46)16-42(27)20-5-7-29(36-12-20)40-14-22(15-40)39(2)3/h5-8,10-12,16,19,21-22H,9,13-15,17H2,1-4H3,(H,37,43)(H,45,46)/t19?,21-/m1/s1. The molecule has 1 unspecified atom stereocenters. The Morgan fingerprint density at radius 1 is 1.10 bits per heavy atom. The Hall–Kier alpha value is -4.59. The number of benzene rings is 1. The Morgan fingerprint density at radius 3 is 2.52 bits per heavy atom. The first-order valence-corrected chi connectivity index (χ1v) is 16.1. The van der Waals surface area contributed by atoms with E-state index in [1.165, 1.54) is 26.3 Å². The highest BCUT2D eigenvalue weighted by molar-refractivity contribution is 6.34. The van der Waals surface area contributed by atoms with Crippen molar-refractivity contribution in [1.29, 1.82) is 0 Å². The van der Waals surface area contributed by atoms with Crippen molar-refractivity contribution in [3.63, 3.8) is 0 Å². The number of carboxylic acids is 1. The highest BCUT2D eigenvalue weighted by atomic mass is 35.5. The summed E-state index contributed by atoms with van der Waals surface area (Å²) < 4.78 is 12.9. The summed E-state index contributed by atoms with van der Waals surface area (Å²) in [6, 6.07) is 10.2. The number of carboxylic acid groups (broad SMARTS) is 1. The molecule has 48 heavy (non-hydrogen) atoms. The molecule has 15 heteroatoms. The largest absolute Gasteiger partial charge is 0.481 e. The number of ether oxygens (including phenoxy) is 2. The van der Waals surface area contributed by atoms with Gasteiger partial charge in [-0.05, 0) is 50.8 Å². The van der Waals surface area contributed by atoms with E-state index in [2.05, 4.69) is 25.1 Å². The van der Waals surface area contributed by atoms with Crippen LogP contribution in [0.15, 0.2) is 53.6 Å². The first-order valence-electron chi connectivity index (χ1n) is 15.3. The van der Waals surface area contributed by atoms with Gasteiger partial charge in [0.05, 0.1) is 41.3 Å². The van der Waals surface area contributed by atoms with Crippen LogP contribution in [0.1, 0.15) is 23.7 Å². The second-order valence-corrected chi connectivity index (χ2v) is 13.0. The average Bonchev–Trinajstić information content (AvgIpc) is 3.41. The summed E-state index contributed by atoms with van der Waals surface area (Å²) in [5.74, 6) is -0.181. The molecule has 2 aliphatic rings. The summed E-state index contributed by atoms with van der Waals surface area (Å²) in [5, 5.41) is 13.6. The van der Waals surface area contributed by atoms with Gasteiger partial charge in [0.25, 0.3) is 0 Å². The molecule has 2 aliphatic heterocycles. The lowest BCUT2D eigenvalue weighted by molar-refractivity contribution is -0.119. The van der Waals surface area contributed by atoms with Crippen LogP contribution in [0.2, 0.25) is 10.0 Å².